The summed E-state index contributed by atoms with van der Waals surface area (Å²) in [6.45, 7) is 2.59. The fraction of sp³-hybridized carbons (Fsp3) is 0.652. The quantitative estimate of drug-likeness (QED) is 0.574. The van der Waals surface area contributed by atoms with Crippen molar-refractivity contribution in [3.63, 3.8) is 0 Å². The minimum absolute atomic E-state index is 0.0582. The zero-order chi connectivity index (χ0) is 24.0. The smallest absolute Gasteiger partial charge is 0.405 e. The Balaban J connectivity index is 1.49. The van der Waals surface area contributed by atoms with Gasteiger partial charge in [-0.15, -0.1) is 0 Å². The number of hydrogen-bond donors (Lipinski definition) is 3. The monoisotopic (exact) mass is 461 g/mol. The lowest BCUT2D eigenvalue weighted by atomic mass is 9.52. The van der Waals surface area contributed by atoms with Crippen LogP contribution in [0.5, 0.6) is 0 Å². The molecule has 3 amide bonds. The lowest BCUT2D eigenvalue weighted by molar-refractivity contribution is -0.137. The Bertz CT molecular complexity index is 971. The molecule has 1 heterocycles. The van der Waals surface area contributed by atoms with Crippen molar-refractivity contribution in [3.8, 4) is 0 Å². The summed E-state index contributed by atoms with van der Waals surface area (Å²) in [5, 5.41) is 9.85. The van der Waals surface area contributed by atoms with Gasteiger partial charge < -0.3 is 21.1 Å². The van der Waals surface area contributed by atoms with E-state index in [1.54, 1.807) is 27.0 Å². The highest BCUT2D eigenvalue weighted by Crippen LogP contribution is 2.57. The van der Waals surface area contributed by atoms with Crippen LogP contribution in [0.25, 0.3) is 6.20 Å². The van der Waals surface area contributed by atoms with Crippen molar-refractivity contribution < 1.29 is 23.5 Å². The summed E-state index contributed by atoms with van der Waals surface area (Å²) in [5.41, 5.74) is 4.29. The molecule has 4 saturated carbocycles. The molecule has 4 aliphatic carbocycles. The molecule has 2 unspecified atom stereocenters. The van der Waals surface area contributed by atoms with Crippen molar-refractivity contribution in [1.82, 2.24) is 20.4 Å². The molecule has 4 N–H and O–H groups in total. The summed E-state index contributed by atoms with van der Waals surface area (Å²) in [7, 11) is 1.55. The summed E-state index contributed by atoms with van der Waals surface area (Å²) < 4.78 is 20.7. The molecule has 33 heavy (non-hydrogen) atoms. The summed E-state index contributed by atoms with van der Waals surface area (Å²) >= 11 is 0. The van der Waals surface area contributed by atoms with Gasteiger partial charge >= 0.3 is 6.09 Å². The second-order valence-corrected chi connectivity index (χ2v) is 10.3. The molecule has 4 bridgehead atoms. The first-order valence-corrected chi connectivity index (χ1v) is 11.4. The fourth-order valence-corrected chi connectivity index (χ4v) is 6.25. The van der Waals surface area contributed by atoms with Crippen LogP contribution in [0.4, 0.5) is 9.18 Å². The number of carbonyl (C=O) groups excluding carboxylic acids is 3. The maximum absolute atomic E-state index is 13.9. The molecule has 0 saturated heterocycles. The number of nitrogens with one attached hydrogen (secondary N) is 2. The number of aromatic nitrogens is 2. The Morgan fingerprint density at radius 1 is 1.30 bits per heavy atom. The Hall–Kier alpha value is -2.91. The standard InChI is InChI=1S/C23H32FN5O4/c1-22(2,20(31)26-3)4-5-29-17(11-24)16(12-27-29)19(30)28-18-14-6-13-7-15(18)10-23(8-13,9-14)33-21(25)32/h4-5,12-15,18H,6-11H2,1-3H3,(H2,25,32)(H,26,31)(H,28,30)/b5-4+. The topological polar surface area (TPSA) is 128 Å². The van der Waals surface area contributed by atoms with Crippen LogP contribution in [0.2, 0.25) is 0 Å². The number of rotatable bonds is 7. The highest BCUT2D eigenvalue weighted by atomic mass is 19.1. The van der Waals surface area contributed by atoms with Crippen molar-refractivity contribution in [1.29, 1.82) is 0 Å². The fourth-order valence-electron chi connectivity index (χ4n) is 6.25. The number of ether oxygens (including phenoxy) is 1. The van der Waals surface area contributed by atoms with E-state index in [2.05, 4.69) is 15.7 Å². The van der Waals surface area contributed by atoms with Gasteiger partial charge in [-0.1, -0.05) is 6.08 Å². The average molecular weight is 462 g/mol. The zero-order valence-corrected chi connectivity index (χ0v) is 19.3. The van der Waals surface area contributed by atoms with Gasteiger partial charge in [0, 0.05) is 19.3 Å². The molecule has 2 atom stereocenters. The molecule has 1 aromatic heterocycles. The molecule has 0 radical (unpaired) electrons. The minimum Gasteiger partial charge on any atom is -0.443 e. The molecule has 4 aliphatic rings. The van der Waals surface area contributed by atoms with E-state index in [0.29, 0.717) is 18.8 Å². The molecule has 5 rings (SSSR count). The Morgan fingerprint density at radius 2 is 1.97 bits per heavy atom. The third-order valence-corrected chi connectivity index (χ3v) is 7.55. The Labute approximate surface area is 192 Å². The van der Waals surface area contributed by atoms with Gasteiger partial charge in [-0.05, 0) is 63.7 Å². The highest BCUT2D eigenvalue weighted by molar-refractivity contribution is 5.95. The number of carbonyl (C=O) groups is 3. The number of nitrogens with two attached hydrogens (primary N) is 1. The Kier molecular flexibility index (Phi) is 5.96. The molecule has 9 nitrogen and oxygen atoms in total. The maximum Gasteiger partial charge on any atom is 0.405 e. The number of nitrogens with zero attached hydrogens (tertiary/aromatic N) is 2. The van der Waals surface area contributed by atoms with E-state index in [4.69, 9.17) is 10.5 Å². The third-order valence-electron chi connectivity index (χ3n) is 7.55. The van der Waals surface area contributed by atoms with Crippen molar-refractivity contribution in [2.45, 2.75) is 64.3 Å². The van der Waals surface area contributed by atoms with Crippen molar-refractivity contribution in [3.05, 3.63) is 23.5 Å². The molecule has 0 aromatic carbocycles. The van der Waals surface area contributed by atoms with E-state index in [1.165, 1.54) is 17.1 Å². The maximum atomic E-state index is 13.9. The first-order chi connectivity index (χ1) is 15.6. The van der Waals surface area contributed by atoms with Gasteiger partial charge in [0.2, 0.25) is 5.91 Å². The lowest BCUT2D eigenvalue weighted by Gasteiger charge is -2.58. The van der Waals surface area contributed by atoms with E-state index >= 15 is 0 Å². The minimum atomic E-state index is -0.872. The van der Waals surface area contributed by atoms with Crippen LogP contribution in [0.1, 0.15) is 62.0 Å². The van der Waals surface area contributed by atoms with Crippen LogP contribution < -0.4 is 16.4 Å². The first-order valence-electron chi connectivity index (χ1n) is 11.4. The van der Waals surface area contributed by atoms with E-state index in [0.717, 1.165) is 19.3 Å². The Morgan fingerprint density at radius 3 is 2.55 bits per heavy atom. The largest absolute Gasteiger partial charge is 0.443 e. The normalized spacial score (nSPS) is 30.4. The zero-order valence-electron chi connectivity index (χ0n) is 19.3. The van der Waals surface area contributed by atoms with Gasteiger partial charge in [-0.3, -0.25) is 9.59 Å². The lowest BCUT2D eigenvalue weighted by Crippen LogP contribution is -2.63. The van der Waals surface area contributed by atoms with Gasteiger partial charge in [0.15, 0.2) is 0 Å². The highest BCUT2D eigenvalue weighted by Gasteiger charge is 2.57. The number of hydrogen-bond acceptors (Lipinski definition) is 5. The molecule has 10 heteroatoms. The van der Waals surface area contributed by atoms with Crippen LogP contribution >= 0.6 is 0 Å². The van der Waals surface area contributed by atoms with Gasteiger partial charge in [0.25, 0.3) is 5.91 Å². The van der Waals surface area contributed by atoms with Crippen molar-refractivity contribution in [2.75, 3.05) is 7.05 Å². The average Bonchev–Trinajstić information content (AvgIpc) is 3.16. The van der Waals surface area contributed by atoms with E-state index in [9.17, 15) is 18.8 Å². The van der Waals surface area contributed by atoms with Gasteiger partial charge in [0.05, 0.1) is 22.9 Å². The summed E-state index contributed by atoms with van der Waals surface area (Å²) in [4.78, 5) is 36.5. The van der Waals surface area contributed by atoms with Crippen LogP contribution in [-0.4, -0.2) is 46.4 Å². The molecule has 0 spiro atoms. The SMILES string of the molecule is CNC(=O)C(C)(C)/C=C/n1ncc(C(=O)NC2C3CC4CC2CC(OC(N)=O)(C4)C3)c1CF. The number of amides is 3. The number of alkyl halides is 1. The predicted molar refractivity (Wildman–Crippen MR) is 118 cm³/mol. The summed E-state index contributed by atoms with van der Waals surface area (Å²) in [6.07, 6.45) is 7.88. The van der Waals surface area contributed by atoms with Gasteiger partial charge in [-0.25, -0.2) is 13.9 Å². The van der Waals surface area contributed by atoms with Crippen LogP contribution in [-0.2, 0) is 16.2 Å². The molecular weight excluding hydrogens is 429 g/mol. The second-order valence-electron chi connectivity index (χ2n) is 10.3. The first kappa shape index (κ1) is 23.3. The molecular formula is C23H32FN5O4. The van der Waals surface area contributed by atoms with Crippen LogP contribution in [0.15, 0.2) is 12.3 Å². The molecule has 1 aromatic rings. The van der Waals surface area contributed by atoms with Crippen LogP contribution in [0.3, 0.4) is 0 Å². The third kappa shape index (κ3) is 4.35. The molecule has 0 aliphatic heterocycles. The summed E-state index contributed by atoms with van der Waals surface area (Å²) in [6, 6.07) is -0.0582. The van der Waals surface area contributed by atoms with E-state index in [1.807, 2.05) is 0 Å². The molecule has 4 fully saturated rings. The number of primary amides is 1. The van der Waals surface area contributed by atoms with Gasteiger partial charge in [0.1, 0.15) is 12.3 Å². The van der Waals surface area contributed by atoms with E-state index < -0.39 is 23.8 Å². The van der Waals surface area contributed by atoms with Crippen molar-refractivity contribution >= 4 is 24.1 Å². The van der Waals surface area contributed by atoms with Crippen molar-refractivity contribution in [2.24, 2.45) is 28.9 Å². The molecule has 180 valence electrons. The van der Waals surface area contributed by atoms with E-state index in [-0.39, 0.29) is 40.9 Å². The summed E-state index contributed by atoms with van der Waals surface area (Å²) in [5.74, 6) is 0.294. The van der Waals surface area contributed by atoms with Gasteiger partial charge in [-0.2, -0.15) is 5.10 Å². The predicted octanol–water partition coefficient (Wildman–Crippen LogP) is 2.37. The second kappa shape index (κ2) is 8.46. The number of halogens is 1. The van der Waals surface area contributed by atoms with Crippen LogP contribution in [0, 0.1) is 23.2 Å².